The lowest BCUT2D eigenvalue weighted by Gasteiger charge is -2.35. The molecule has 0 saturated carbocycles. The predicted octanol–water partition coefficient (Wildman–Crippen LogP) is 1.89. The third kappa shape index (κ3) is 3.54. The summed E-state index contributed by atoms with van der Waals surface area (Å²) in [4.78, 5) is 12.1. The summed E-state index contributed by atoms with van der Waals surface area (Å²) in [5.41, 5.74) is 5.80. The first-order valence-electron chi connectivity index (χ1n) is 6.21. The van der Waals surface area contributed by atoms with E-state index in [1.165, 1.54) is 0 Å². The van der Waals surface area contributed by atoms with E-state index in [1.54, 1.807) is 11.3 Å². The van der Waals surface area contributed by atoms with Gasteiger partial charge in [-0.1, -0.05) is 0 Å². The minimum Gasteiger partial charge on any atom is -0.375 e. The summed E-state index contributed by atoms with van der Waals surface area (Å²) in [6.07, 6.45) is 2.05. The molecule has 0 bridgehead atoms. The molecule has 4 nitrogen and oxygen atoms in total. The number of amides is 1. The van der Waals surface area contributed by atoms with Crippen molar-refractivity contribution in [2.75, 3.05) is 6.61 Å². The molecule has 1 aliphatic heterocycles. The highest BCUT2D eigenvalue weighted by Gasteiger charge is 2.28. The fourth-order valence-electron chi connectivity index (χ4n) is 2.25. The fraction of sp³-hybridized carbons (Fsp3) is 0.615. The number of ether oxygens (including phenoxy) is 1. The zero-order chi connectivity index (χ0) is 13.2. The van der Waals surface area contributed by atoms with E-state index in [2.05, 4.69) is 19.2 Å². The van der Waals surface area contributed by atoms with Crippen molar-refractivity contribution in [3.8, 4) is 0 Å². The van der Waals surface area contributed by atoms with Crippen LogP contribution >= 0.6 is 11.3 Å². The number of primary amides is 1. The first-order chi connectivity index (χ1) is 8.46. The molecule has 100 valence electrons. The molecule has 0 radical (unpaired) electrons. The van der Waals surface area contributed by atoms with Crippen molar-refractivity contribution in [2.24, 2.45) is 5.73 Å². The van der Waals surface area contributed by atoms with Crippen LogP contribution < -0.4 is 11.1 Å². The fourth-order valence-corrected chi connectivity index (χ4v) is 3.08. The van der Waals surface area contributed by atoms with Crippen molar-refractivity contribution in [1.82, 2.24) is 5.32 Å². The highest BCUT2D eigenvalue weighted by atomic mass is 32.1. The maximum Gasteiger partial charge on any atom is 0.249 e. The van der Waals surface area contributed by atoms with Gasteiger partial charge < -0.3 is 15.8 Å². The monoisotopic (exact) mass is 268 g/mol. The molecule has 5 heteroatoms. The van der Waals surface area contributed by atoms with Crippen LogP contribution in [0.25, 0.3) is 0 Å². The Hall–Kier alpha value is -0.910. The van der Waals surface area contributed by atoms with Crippen molar-refractivity contribution in [1.29, 1.82) is 0 Å². The van der Waals surface area contributed by atoms with Crippen LogP contribution in [0.1, 0.15) is 41.9 Å². The van der Waals surface area contributed by atoms with Gasteiger partial charge in [0.05, 0.1) is 11.2 Å². The number of nitrogens with one attached hydrogen (secondary N) is 1. The molecule has 3 N–H and O–H groups in total. The quantitative estimate of drug-likeness (QED) is 0.876. The number of hydrogen-bond acceptors (Lipinski definition) is 4. The highest BCUT2D eigenvalue weighted by molar-refractivity contribution is 7.10. The molecule has 1 fully saturated rings. The molecule has 1 aliphatic rings. The minimum atomic E-state index is -0.357. The van der Waals surface area contributed by atoms with Crippen LogP contribution in [-0.4, -0.2) is 24.2 Å². The van der Waals surface area contributed by atoms with Gasteiger partial charge in [-0.15, -0.1) is 11.3 Å². The summed E-state index contributed by atoms with van der Waals surface area (Å²) in [5, 5.41) is 5.34. The molecule has 18 heavy (non-hydrogen) atoms. The Kier molecular flexibility index (Phi) is 4.04. The second-order valence-electron chi connectivity index (χ2n) is 5.34. The molecular weight excluding hydrogens is 248 g/mol. The Morgan fingerprint density at radius 2 is 2.44 bits per heavy atom. The standard InChI is InChI=1S/C13H20N2O2S/c1-13(2)6-10(3-4-17-13)15-7-11-5-9(8-18-11)12(14)16/h5,8,10,15H,3-4,6-7H2,1-2H3,(H2,14,16). The summed E-state index contributed by atoms with van der Waals surface area (Å²) in [7, 11) is 0. The van der Waals surface area contributed by atoms with E-state index in [-0.39, 0.29) is 11.5 Å². The topological polar surface area (TPSA) is 64.3 Å². The molecule has 1 saturated heterocycles. The van der Waals surface area contributed by atoms with E-state index in [4.69, 9.17) is 10.5 Å². The van der Waals surface area contributed by atoms with Crippen LogP contribution in [-0.2, 0) is 11.3 Å². The Labute approximate surface area is 112 Å². The molecule has 1 aromatic heterocycles. The summed E-state index contributed by atoms with van der Waals surface area (Å²) in [5.74, 6) is -0.357. The number of nitrogens with two attached hydrogens (primary N) is 1. The van der Waals surface area contributed by atoms with Gasteiger partial charge in [0, 0.05) is 29.5 Å². The van der Waals surface area contributed by atoms with E-state index in [9.17, 15) is 4.79 Å². The number of hydrogen-bond donors (Lipinski definition) is 2. The van der Waals surface area contributed by atoms with E-state index in [1.807, 2.05) is 11.4 Å². The molecular formula is C13H20N2O2S. The maximum absolute atomic E-state index is 11.0. The Balaban J connectivity index is 1.85. The number of carbonyl (C=O) groups excluding carboxylic acids is 1. The van der Waals surface area contributed by atoms with Crippen molar-refractivity contribution in [3.05, 3.63) is 21.9 Å². The van der Waals surface area contributed by atoms with Crippen LogP contribution in [0.15, 0.2) is 11.4 Å². The number of carbonyl (C=O) groups is 1. The lowest BCUT2D eigenvalue weighted by molar-refractivity contribution is -0.0630. The smallest absolute Gasteiger partial charge is 0.249 e. The second-order valence-corrected chi connectivity index (χ2v) is 6.34. The van der Waals surface area contributed by atoms with Crippen LogP contribution in [0.5, 0.6) is 0 Å². The van der Waals surface area contributed by atoms with Crippen molar-refractivity contribution in [2.45, 2.75) is 44.9 Å². The third-order valence-electron chi connectivity index (χ3n) is 3.20. The van der Waals surface area contributed by atoms with Gasteiger partial charge in [0.2, 0.25) is 5.91 Å². The van der Waals surface area contributed by atoms with Gasteiger partial charge in [0.25, 0.3) is 0 Å². The lowest BCUT2D eigenvalue weighted by Crippen LogP contribution is -2.43. The molecule has 1 amide bonds. The van der Waals surface area contributed by atoms with E-state index >= 15 is 0 Å². The molecule has 2 heterocycles. The van der Waals surface area contributed by atoms with Gasteiger partial charge in [-0.3, -0.25) is 4.79 Å². The van der Waals surface area contributed by atoms with Gasteiger partial charge in [-0.05, 0) is 32.8 Å². The summed E-state index contributed by atoms with van der Waals surface area (Å²) >= 11 is 1.57. The maximum atomic E-state index is 11.0. The van der Waals surface area contributed by atoms with Gasteiger partial charge in [-0.2, -0.15) is 0 Å². The summed E-state index contributed by atoms with van der Waals surface area (Å²) in [6.45, 7) is 5.84. The minimum absolute atomic E-state index is 0.0379. The number of thiophene rings is 1. The Morgan fingerprint density at radius 3 is 3.06 bits per heavy atom. The van der Waals surface area contributed by atoms with E-state index in [0.717, 1.165) is 30.9 Å². The molecule has 0 aliphatic carbocycles. The van der Waals surface area contributed by atoms with Gasteiger partial charge in [0.15, 0.2) is 0 Å². The van der Waals surface area contributed by atoms with Crippen LogP contribution in [0.4, 0.5) is 0 Å². The van der Waals surface area contributed by atoms with E-state index in [0.29, 0.717) is 11.6 Å². The van der Waals surface area contributed by atoms with Crippen LogP contribution in [0.3, 0.4) is 0 Å². The first kappa shape index (κ1) is 13.5. The molecule has 1 aromatic rings. The summed E-state index contributed by atoms with van der Waals surface area (Å²) in [6, 6.07) is 2.35. The average Bonchev–Trinajstić information content (AvgIpc) is 2.74. The molecule has 1 unspecified atom stereocenters. The van der Waals surface area contributed by atoms with Gasteiger partial charge in [-0.25, -0.2) is 0 Å². The normalized spacial score (nSPS) is 22.9. The van der Waals surface area contributed by atoms with Crippen molar-refractivity contribution >= 4 is 17.2 Å². The van der Waals surface area contributed by atoms with Crippen LogP contribution in [0, 0.1) is 0 Å². The van der Waals surface area contributed by atoms with E-state index < -0.39 is 0 Å². The Morgan fingerprint density at radius 1 is 1.67 bits per heavy atom. The highest BCUT2D eigenvalue weighted by Crippen LogP contribution is 2.24. The van der Waals surface area contributed by atoms with Crippen molar-refractivity contribution < 1.29 is 9.53 Å². The van der Waals surface area contributed by atoms with Gasteiger partial charge in [0.1, 0.15) is 0 Å². The zero-order valence-electron chi connectivity index (χ0n) is 10.9. The van der Waals surface area contributed by atoms with Crippen molar-refractivity contribution in [3.63, 3.8) is 0 Å². The molecule has 1 atom stereocenters. The Bertz CT molecular complexity index is 428. The molecule has 2 rings (SSSR count). The first-order valence-corrected chi connectivity index (χ1v) is 7.09. The summed E-state index contributed by atoms with van der Waals surface area (Å²) < 4.78 is 5.68. The molecule has 0 aromatic carbocycles. The number of rotatable bonds is 4. The lowest BCUT2D eigenvalue weighted by atomic mass is 9.94. The second kappa shape index (κ2) is 5.38. The molecule has 0 spiro atoms. The van der Waals surface area contributed by atoms with Crippen LogP contribution in [0.2, 0.25) is 0 Å². The SMILES string of the molecule is CC1(C)CC(NCc2cc(C(N)=O)cs2)CCO1. The third-order valence-corrected chi connectivity index (χ3v) is 4.14. The zero-order valence-corrected chi connectivity index (χ0v) is 11.7. The largest absolute Gasteiger partial charge is 0.375 e. The van der Waals surface area contributed by atoms with Gasteiger partial charge >= 0.3 is 0 Å². The predicted molar refractivity (Wildman–Crippen MR) is 72.7 cm³/mol. The average molecular weight is 268 g/mol.